The van der Waals surface area contributed by atoms with E-state index in [1.165, 1.54) is 16.8 Å². The number of hydrogen-bond acceptors (Lipinski definition) is 3. The van der Waals surface area contributed by atoms with Crippen molar-refractivity contribution in [2.75, 3.05) is 33.2 Å². The van der Waals surface area contributed by atoms with Crippen molar-refractivity contribution in [2.24, 2.45) is 0 Å². The Bertz CT molecular complexity index is 857. The second-order valence-corrected chi connectivity index (χ2v) is 8.09. The second kappa shape index (κ2) is 8.14. The van der Waals surface area contributed by atoms with E-state index in [1.807, 2.05) is 18.2 Å². The topological polar surface area (TPSA) is 15.7 Å². The lowest BCUT2D eigenvalue weighted by Crippen LogP contribution is -2.43. The SMILES string of the molecule is CN1CCN(C2=CCCc3ccc(OCc4ccc(Cl)c(Cl)c4)cc32)CC1. The minimum Gasteiger partial charge on any atom is -0.489 e. The van der Waals surface area contributed by atoms with Crippen molar-refractivity contribution >= 4 is 28.9 Å². The molecule has 0 amide bonds. The summed E-state index contributed by atoms with van der Waals surface area (Å²) in [6.45, 7) is 4.86. The summed E-state index contributed by atoms with van der Waals surface area (Å²) in [6, 6.07) is 12.1. The Morgan fingerprint density at radius 2 is 1.78 bits per heavy atom. The number of benzene rings is 2. The fourth-order valence-electron chi connectivity index (χ4n) is 3.72. The van der Waals surface area contributed by atoms with Gasteiger partial charge in [-0.1, -0.05) is 41.4 Å². The van der Waals surface area contributed by atoms with E-state index in [9.17, 15) is 0 Å². The number of hydrogen-bond donors (Lipinski definition) is 0. The van der Waals surface area contributed by atoms with Crippen molar-refractivity contribution in [2.45, 2.75) is 19.4 Å². The zero-order chi connectivity index (χ0) is 18.8. The van der Waals surface area contributed by atoms with E-state index in [0.29, 0.717) is 16.7 Å². The molecule has 1 aliphatic heterocycles. The van der Waals surface area contributed by atoms with E-state index in [-0.39, 0.29) is 0 Å². The van der Waals surface area contributed by atoms with Crippen LogP contribution in [0.5, 0.6) is 5.75 Å². The molecule has 0 spiro atoms. The van der Waals surface area contributed by atoms with Gasteiger partial charge < -0.3 is 14.5 Å². The van der Waals surface area contributed by atoms with Crippen LogP contribution in [0.4, 0.5) is 0 Å². The molecule has 0 saturated carbocycles. The number of likely N-dealkylation sites (N-methyl/N-ethyl adjacent to an activating group) is 1. The van der Waals surface area contributed by atoms with Gasteiger partial charge in [-0.05, 0) is 55.3 Å². The number of ether oxygens (including phenoxy) is 1. The number of halogens is 2. The van der Waals surface area contributed by atoms with Crippen molar-refractivity contribution in [3.05, 3.63) is 69.2 Å². The monoisotopic (exact) mass is 402 g/mol. The van der Waals surface area contributed by atoms with Crippen LogP contribution < -0.4 is 4.74 Å². The molecule has 0 aromatic heterocycles. The normalized spacial score (nSPS) is 17.4. The van der Waals surface area contributed by atoms with E-state index in [0.717, 1.165) is 50.3 Å². The number of fused-ring (bicyclic) bond motifs is 1. The van der Waals surface area contributed by atoms with Gasteiger partial charge in [0, 0.05) is 37.4 Å². The fraction of sp³-hybridized carbons (Fsp3) is 0.364. The lowest BCUT2D eigenvalue weighted by molar-refractivity contribution is 0.206. The molecule has 1 heterocycles. The predicted molar refractivity (Wildman–Crippen MR) is 113 cm³/mol. The van der Waals surface area contributed by atoms with Crippen LogP contribution in [0.1, 0.15) is 23.1 Å². The first kappa shape index (κ1) is 18.7. The first-order chi connectivity index (χ1) is 13.1. The average Bonchev–Trinajstić information content (AvgIpc) is 2.69. The van der Waals surface area contributed by atoms with Gasteiger partial charge in [-0.25, -0.2) is 0 Å². The van der Waals surface area contributed by atoms with Gasteiger partial charge in [0.15, 0.2) is 0 Å². The Hall–Kier alpha value is -1.68. The van der Waals surface area contributed by atoms with Crippen LogP contribution in [-0.2, 0) is 13.0 Å². The van der Waals surface area contributed by atoms with Crippen LogP contribution >= 0.6 is 23.2 Å². The molecule has 0 N–H and O–H groups in total. The summed E-state index contributed by atoms with van der Waals surface area (Å²) in [4.78, 5) is 4.90. The lowest BCUT2D eigenvalue weighted by atomic mass is 9.93. The van der Waals surface area contributed by atoms with Gasteiger partial charge in [-0.3, -0.25) is 0 Å². The van der Waals surface area contributed by atoms with Gasteiger partial charge in [0.1, 0.15) is 12.4 Å². The minimum absolute atomic E-state index is 0.475. The third-order valence-electron chi connectivity index (χ3n) is 5.34. The van der Waals surface area contributed by atoms with Crippen molar-refractivity contribution in [3.63, 3.8) is 0 Å². The van der Waals surface area contributed by atoms with Crippen LogP contribution in [0.25, 0.3) is 5.70 Å². The fourth-order valence-corrected chi connectivity index (χ4v) is 4.04. The van der Waals surface area contributed by atoms with Gasteiger partial charge in [0.25, 0.3) is 0 Å². The molecule has 2 aromatic rings. The molecule has 5 heteroatoms. The maximum atomic E-state index is 6.10. The van der Waals surface area contributed by atoms with Crippen molar-refractivity contribution in [1.82, 2.24) is 9.80 Å². The number of piperazine rings is 1. The molecule has 4 rings (SSSR count). The smallest absolute Gasteiger partial charge is 0.120 e. The zero-order valence-corrected chi connectivity index (χ0v) is 17.1. The molecule has 27 heavy (non-hydrogen) atoms. The summed E-state index contributed by atoms with van der Waals surface area (Å²) in [7, 11) is 2.19. The van der Waals surface area contributed by atoms with Crippen molar-refractivity contribution < 1.29 is 4.74 Å². The largest absolute Gasteiger partial charge is 0.489 e. The molecule has 1 aliphatic carbocycles. The second-order valence-electron chi connectivity index (χ2n) is 7.27. The molecule has 0 atom stereocenters. The highest BCUT2D eigenvalue weighted by Gasteiger charge is 2.22. The molecule has 2 aliphatic rings. The molecule has 1 fully saturated rings. The minimum atomic E-state index is 0.475. The van der Waals surface area contributed by atoms with E-state index < -0.39 is 0 Å². The summed E-state index contributed by atoms with van der Waals surface area (Å²) in [5.74, 6) is 0.891. The van der Waals surface area contributed by atoms with E-state index in [4.69, 9.17) is 27.9 Å². The molecule has 2 aromatic carbocycles. The van der Waals surface area contributed by atoms with Gasteiger partial charge in [0.05, 0.1) is 10.0 Å². The highest BCUT2D eigenvalue weighted by molar-refractivity contribution is 6.42. The van der Waals surface area contributed by atoms with Gasteiger partial charge in [-0.15, -0.1) is 0 Å². The Morgan fingerprint density at radius 1 is 0.963 bits per heavy atom. The number of nitrogens with zero attached hydrogens (tertiary/aromatic N) is 2. The Morgan fingerprint density at radius 3 is 2.56 bits per heavy atom. The Kier molecular flexibility index (Phi) is 5.63. The maximum absolute atomic E-state index is 6.10. The Balaban J connectivity index is 1.51. The zero-order valence-electron chi connectivity index (χ0n) is 15.5. The van der Waals surface area contributed by atoms with E-state index in [1.54, 1.807) is 0 Å². The van der Waals surface area contributed by atoms with Crippen molar-refractivity contribution in [1.29, 1.82) is 0 Å². The van der Waals surface area contributed by atoms with Gasteiger partial charge >= 0.3 is 0 Å². The number of allylic oxidation sites excluding steroid dienone is 1. The van der Waals surface area contributed by atoms with Crippen LogP contribution in [-0.4, -0.2) is 43.0 Å². The summed E-state index contributed by atoms with van der Waals surface area (Å²) in [5.41, 5.74) is 5.10. The third kappa shape index (κ3) is 4.26. The maximum Gasteiger partial charge on any atom is 0.120 e. The number of rotatable bonds is 4. The molecule has 0 radical (unpaired) electrons. The molecule has 0 unspecified atom stereocenters. The summed E-state index contributed by atoms with van der Waals surface area (Å²) < 4.78 is 6.05. The quantitative estimate of drug-likeness (QED) is 0.706. The van der Waals surface area contributed by atoms with E-state index in [2.05, 4.69) is 41.1 Å². The van der Waals surface area contributed by atoms with Gasteiger partial charge in [-0.2, -0.15) is 0 Å². The molecule has 3 nitrogen and oxygen atoms in total. The summed E-state index contributed by atoms with van der Waals surface area (Å²) in [5, 5.41) is 1.12. The molecule has 1 saturated heterocycles. The van der Waals surface area contributed by atoms with Crippen molar-refractivity contribution in [3.8, 4) is 5.75 Å². The third-order valence-corrected chi connectivity index (χ3v) is 6.08. The highest BCUT2D eigenvalue weighted by atomic mass is 35.5. The first-order valence-corrected chi connectivity index (χ1v) is 10.2. The van der Waals surface area contributed by atoms with E-state index >= 15 is 0 Å². The van der Waals surface area contributed by atoms with Crippen LogP contribution in [0.15, 0.2) is 42.5 Å². The Labute approximate surface area is 171 Å². The standard InChI is InChI=1S/C22H24Cl2N2O/c1-25-9-11-26(12-10-25)22-4-2-3-17-6-7-18(14-19(17)22)27-15-16-5-8-20(23)21(24)13-16/h4-8,13-14H,2-3,9-12,15H2,1H3. The summed E-state index contributed by atoms with van der Waals surface area (Å²) >= 11 is 12.1. The lowest BCUT2D eigenvalue weighted by Gasteiger charge is -2.37. The van der Waals surface area contributed by atoms with Crippen LogP contribution in [0.2, 0.25) is 10.0 Å². The summed E-state index contributed by atoms with van der Waals surface area (Å²) in [6.07, 6.45) is 4.59. The number of aryl methyl sites for hydroxylation is 1. The molecular weight excluding hydrogens is 379 g/mol. The molecule has 0 bridgehead atoms. The first-order valence-electron chi connectivity index (χ1n) is 9.44. The predicted octanol–water partition coefficient (Wildman–Crippen LogP) is 5.11. The molecule has 142 valence electrons. The van der Waals surface area contributed by atoms with Gasteiger partial charge in [0.2, 0.25) is 0 Å². The van der Waals surface area contributed by atoms with Crippen LogP contribution in [0, 0.1) is 0 Å². The van der Waals surface area contributed by atoms with Crippen LogP contribution in [0.3, 0.4) is 0 Å². The highest BCUT2D eigenvalue weighted by Crippen LogP contribution is 2.33. The average molecular weight is 403 g/mol. The molecular formula is C22H24Cl2N2O.